The van der Waals surface area contributed by atoms with Crippen molar-refractivity contribution in [2.24, 2.45) is 5.73 Å². The quantitative estimate of drug-likeness (QED) is 0.521. The van der Waals surface area contributed by atoms with Crippen LogP contribution in [0.25, 0.3) is 0 Å². The van der Waals surface area contributed by atoms with Gasteiger partial charge in [-0.3, -0.25) is 0 Å². The maximum absolute atomic E-state index is 9.44. The average Bonchev–Trinajstić information content (AvgIpc) is 2.69. The van der Waals surface area contributed by atoms with Gasteiger partial charge in [0, 0.05) is 31.2 Å². The minimum Gasteiger partial charge on any atom is -0.396 e. The van der Waals surface area contributed by atoms with Gasteiger partial charge in [0.25, 0.3) is 0 Å². The molecule has 0 bridgehead atoms. The molecule has 1 saturated heterocycles. The van der Waals surface area contributed by atoms with Crippen molar-refractivity contribution in [1.82, 2.24) is 15.2 Å². The Bertz CT molecular complexity index is 782. The molecular formula is C19H27BClN6O. The minimum absolute atomic E-state index is 0.0279. The van der Waals surface area contributed by atoms with E-state index in [9.17, 15) is 5.11 Å². The Morgan fingerprint density at radius 3 is 2.61 bits per heavy atom. The SMILES string of the molecule is Cc1ccc([C@H](CCO)N[B]C2(N)CCN(c3ncnc(N)c3Cl)CC2)cc1. The molecule has 2 heterocycles. The fraction of sp³-hybridized carbons (Fsp3) is 0.474. The Kier molecular flexibility index (Phi) is 6.77. The molecule has 3 rings (SSSR count). The van der Waals surface area contributed by atoms with Gasteiger partial charge in [0.15, 0.2) is 5.82 Å². The minimum atomic E-state index is -0.444. The van der Waals surface area contributed by atoms with Crippen LogP contribution in [0.2, 0.25) is 5.02 Å². The molecule has 0 saturated carbocycles. The highest BCUT2D eigenvalue weighted by Gasteiger charge is 2.33. The van der Waals surface area contributed by atoms with Crippen molar-refractivity contribution in [3.05, 3.63) is 46.7 Å². The van der Waals surface area contributed by atoms with Crippen LogP contribution in [0.4, 0.5) is 11.6 Å². The van der Waals surface area contributed by atoms with Gasteiger partial charge in [-0.25, -0.2) is 9.97 Å². The van der Waals surface area contributed by atoms with Crippen LogP contribution in [0, 0.1) is 6.92 Å². The summed E-state index contributed by atoms with van der Waals surface area (Å²) < 4.78 is 0. The zero-order chi connectivity index (χ0) is 20.1. The third kappa shape index (κ3) is 4.94. The van der Waals surface area contributed by atoms with Crippen molar-refractivity contribution in [2.45, 2.75) is 37.7 Å². The molecule has 2 aromatic rings. The zero-order valence-electron chi connectivity index (χ0n) is 16.1. The number of aryl methyl sites for hydroxylation is 1. The summed E-state index contributed by atoms with van der Waals surface area (Å²) >= 11 is 6.25. The Balaban J connectivity index is 1.60. The molecule has 6 N–H and O–H groups in total. The molecular weight excluding hydrogens is 375 g/mol. The zero-order valence-corrected chi connectivity index (χ0v) is 16.9. The summed E-state index contributed by atoms with van der Waals surface area (Å²) in [6.45, 7) is 3.61. The highest BCUT2D eigenvalue weighted by atomic mass is 35.5. The standard InChI is InChI=1S/C19H27BClN6O/c1-13-2-4-14(5-3-13)15(6-11-28)26-20-19(23)7-9-27(10-8-19)18-16(21)17(22)24-12-25-18/h2-5,12,15,26,28H,6-11,23H2,1H3,(H2,22,24,25)/t15-/m0/s1. The Hall–Kier alpha value is -1.87. The molecule has 0 amide bonds. The van der Waals surface area contributed by atoms with Crippen LogP contribution in [-0.4, -0.2) is 47.6 Å². The third-order valence-electron chi connectivity index (χ3n) is 5.26. The van der Waals surface area contributed by atoms with Crippen LogP contribution in [0.1, 0.15) is 36.4 Å². The number of rotatable bonds is 7. The van der Waals surface area contributed by atoms with Gasteiger partial charge >= 0.3 is 0 Å². The lowest BCUT2D eigenvalue weighted by molar-refractivity contribution is 0.272. The molecule has 1 aliphatic rings. The first-order valence-corrected chi connectivity index (χ1v) is 9.87. The molecule has 7 nitrogen and oxygen atoms in total. The first kappa shape index (κ1) is 20.9. The normalized spacial score (nSPS) is 17.4. The highest BCUT2D eigenvalue weighted by Crippen LogP contribution is 2.30. The number of piperidine rings is 1. The summed E-state index contributed by atoms with van der Waals surface area (Å²) in [7, 11) is 1.99. The van der Waals surface area contributed by atoms with E-state index in [1.54, 1.807) is 0 Å². The second kappa shape index (κ2) is 9.09. The van der Waals surface area contributed by atoms with Gasteiger partial charge in [-0.2, -0.15) is 0 Å². The van der Waals surface area contributed by atoms with Crippen LogP contribution in [0.15, 0.2) is 30.6 Å². The number of aliphatic hydroxyl groups is 1. The summed E-state index contributed by atoms with van der Waals surface area (Å²) in [6, 6.07) is 8.36. The van der Waals surface area contributed by atoms with Crippen LogP contribution < -0.4 is 21.6 Å². The van der Waals surface area contributed by atoms with Crippen molar-refractivity contribution >= 4 is 30.7 Å². The topological polar surface area (TPSA) is 113 Å². The van der Waals surface area contributed by atoms with E-state index in [1.165, 1.54) is 11.9 Å². The summed E-state index contributed by atoms with van der Waals surface area (Å²) in [6.07, 6.45) is 3.55. The Morgan fingerprint density at radius 1 is 1.29 bits per heavy atom. The first-order valence-electron chi connectivity index (χ1n) is 9.49. The maximum Gasteiger partial charge on any atom is 0.229 e. The van der Waals surface area contributed by atoms with Crippen molar-refractivity contribution in [2.75, 3.05) is 30.3 Å². The highest BCUT2D eigenvalue weighted by molar-refractivity contribution is 6.37. The van der Waals surface area contributed by atoms with Gasteiger partial charge in [0.05, 0.1) is 0 Å². The number of hydrogen-bond donors (Lipinski definition) is 4. The van der Waals surface area contributed by atoms with Crippen LogP contribution in [0.3, 0.4) is 0 Å². The van der Waals surface area contributed by atoms with E-state index in [-0.39, 0.29) is 18.5 Å². The van der Waals surface area contributed by atoms with E-state index in [0.717, 1.165) is 31.5 Å². The molecule has 149 valence electrons. The number of hydrogen-bond acceptors (Lipinski definition) is 7. The number of nitrogens with one attached hydrogen (secondary N) is 1. The van der Waals surface area contributed by atoms with E-state index < -0.39 is 5.44 Å². The summed E-state index contributed by atoms with van der Waals surface area (Å²) in [5.74, 6) is 0.941. The number of aromatic nitrogens is 2. The maximum atomic E-state index is 9.44. The smallest absolute Gasteiger partial charge is 0.229 e. The largest absolute Gasteiger partial charge is 0.396 e. The molecule has 1 radical (unpaired) electrons. The molecule has 1 aromatic carbocycles. The van der Waals surface area contributed by atoms with Crippen LogP contribution >= 0.6 is 11.6 Å². The monoisotopic (exact) mass is 401 g/mol. The second-order valence-corrected chi connectivity index (χ2v) is 7.78. The van der Waals surface area contributed by atoms with Gasteiger partial charge in [0.1, 0.15) is 17.2 Å². The van der Waals surface area contributed by atoms with E-state index >= 15 is 0 Å². The first-order chi connectivity index (χ1) is 13.4. The Morgan fingerprint density at radius 2 is 1.96 bits per heavy atom. The van der Waals surface area contributed by atoms with Gasteiger partial charge < -0.3 is 26.7 Å². The summed E-state index contributed by atoms with van der Waals surface area (Å²) in [5, 5.41) is 13.3. The van der Waals surface area contributed by atoms with Crippen LogP contribution in [0.5, 0.6) is 0 Å². The van der Waals surface area contributed by atoms with E-state index in [0.29, 0.717) is 17.3 Å². The summed E-state index contributed by atoms with van der Waals surface area (Å²) in [5.41, 5.74) is 14.3. The molecule has 9 heteroatoms. The molecule has 1 aliphatic heterocycles. The third-order valence-corrected chi connectivity index (χ3v) is 5.62. The molecule has 0 unspecified atom stereocenters. The number of nitrogens with two attached hydrogens (primary N) is 2. The number of anilines is 2. The predicted molar refractivity (Wildman–Crippen MR) is 114 cm³/mol. The lowest BCUT2D eigenvalue weighted by atomic mass is 9.62. The van der Waals surface area contributed by atoms with Crippen molar-refractivity contribution in [3.63, 3.8) is 0 Å². The predicted octanol–water partition coefficient (Wildman–Crippen LogP) is 1.61. The molecule has 1 fully saturated rings. The summed E-state index contributed by atoms with van der Waals surface area (Å²) in [4.78, 5) is 10.3. The van der Waals surface area contributed by atoms with Crippen LogP contribution in [-0.2, 0) is 0 Å². The number of nitrogen functional groups attached to an aromatic ring is 1. The molecule has 1 aromatic heterocycles. The van der Waals surface area contributed by atoms with E-state index in [1.807, 2.05) is 7.41 Å². The molecule has 0 spiro atoms. The number of aliphatic hydroxyl groups excluding tert-OH is 1. The van der Waals surface area contributed by atoms with Gasteiger partial charge in [-0.05, 0) is 31.7 Å². The lowest BCUT2D eigenvalue weighted by Gasteiger charge is -2.40. The Labute approximate surface area is 171 Å². The van der Waals surface area contributed by atoms with Crippen molar-refractivity contribution in [1.29, 1.82) is 0 Å². The second-order valence-electron chi connectivity index (χ2n) is 7.40. The number of benzene rings is 1. The van der Waals surface area contributed by atoms with Gasteiger partial charge in [-0.1, -0.05) is 41.4 Å². The van der Waals surface area contributed by atoms with Crippen molar-refractivity contribution < 1.29 is 5.11 Å². The van der Waals surface area contributed by atoms with Gasteiger partial charge in [-0.15, -0.1) is 0 Å². The number of nitrogens with zero attached hydrogens (tertiary/aromatic N) is 3. The fourth-order valence-electron chi connectivity index (χ4n) is 3.41. The van der Waals surface area contributed by atoms with E-state index in [2.05, 4.69) is 51.3 Å². The van der Waals surface area contributed by atoms with Crippen molar-refractivity contribution in [3.8, 4) is 0 Å². The number of halogens is 1. The molecule has 0 aliphatic carbocycles. The van der Waals surface area contributed by atoms with E-state index in [4.69, 9.17) is 23.1 Å². The lowest BCUT2D eigenvalue weighted by Crippen LogP contribution is -2.58. The average molecular weight is 402 g/mol. The molecule has 28 heavy (non-hydrogen) atoms. The molecule has 1 atom stereocenters. The van der Waals surface area contributed by atoms with Gasteiger partial charge in [0.2, 0.25) is 7.41 Å². The fourth-order valence-corrected chi connectivity index (χ4v) is 3.63.